The van der Waals surface area contributed by atoms with Crippen molar-refractivity contribution in [1.82, 2.24) is 5.32 Å². The van der Waals surface area contributed by atoms with Crippen LogP contribution in [-0.2, 0) is 4.79 Å². The first kappa shape index (κ1) is 17.0. The van der Waals surface area contributed by atoms with E-state index in [1.54, 1.807) is 21.3 Å². The molecule has 0 amide bonds. The maximum Gasteiger partial charge on any atom is 0.321 e. The van der Waals surface area contributed by atoms with Gasteiger partial charge in [0.15, 0.2) is 0 Å². The molecule has 2 N–H and O–H groups in total. The summed E-state index contributed by atoms with van der Waals surface area (Å²) >= 11 is 0. The Bertz CT molecular complexity index is 515. The molecule has 5 nitrogen and oxygen atoms in total. The number of methoxy groups -OCH3 is 2. The predicted octanol–water partition coefficient (Wildman–Crippen LogP) is 2.14. The standard InChI is InChI=1S/C16H25NO4S/c1-10-5-6-22(15(10)14(17-2)16(18)19)13-8-11(20-3)7-12(9-13)21-4/h7-10,14-15,17,22H,5-6H2,1-4H3,(H,18,19)/t10-,14?,15-/m1/s1. The molecule has 0 saturated carbocycles. The molecule has 1 aliphatic rings. The highest BCUT2D eigenvalue weighted by Gasteiger charge is 2.40. The molecular formula is C16H25NO4S. The Hall–Kier alpha value is -1.40. The second kappa shape index (κ2) is 7.24. The minimum absolute atomic E-state index is 0.120. The zero-order valence-corrected chi connectivity index (χ0v) is 14.4. The van der Waals surface area contributed by atoms with Crippen LogP contribution < -0.4 is 14.8 Å². The Morgan fingerprint density at radius 2 is 1.91 bits per heavy atom. The minimum Gasteiger partial charge on any atom is -0.497 e. The van der Waals surface area contributed by atoms with Crippen LogP contribution in [0.2, 0.25) is 0 Å². The van der Waals surface area contributed by atoms with E-state index in [1.807, 2.05) is 18.2 Å². The molecule has 22 heavy (non-hydrogen) atoms. The first-order chi connectivity index (χ1) is 10.5. The summed E-state index contributed by atoms with van der Waals surface area (Å²) in [5.74, 6) is 2.17. The van der Waals surface area contributed by atoms with Crippen molar-refractivity contribution < 1.29 is 19.4 Å². The minimum atomic E-state index is -0.774. The number of hydrogen-bond donors (Lipinski definition) is 3. The fraction of sp³-hybridized carbons (Fsp3) is 0.562. The normalized spacial score (nSPS) is 27.4. The predicted molar refractivity (Wildman–Crippen MR) is 89.7 cm³/mol. The number of rotatable bonds is 6. The van der Waals surface area contributed by atoms with Gasteiger partial charge in [0.25, 0.3) is 0 Å². The second-order valence-corrected chi connectivity index (χ2v) is 8.12. The van der Waals surface area contributed by atoms with Gasteiger partial charge in [0.05, 0.1) is 14.2 Å². The number of aliphatic carboxylic acids is 1. The Morgan fingerprint density at radius 1 is 1.32 bits per heavy atom. The Balaban J connectivity index is 2.39. The Morgan fingerprint density at radius 3 is 2.36 bits per heavy atom. The van der Waals surface area contributed by atoms with E-state index in [2.05, 4.69) is 12.2 Å². The number of nitrogens with one attached hydrogen (secondary N) is 1. The van der Waals surface area contributed by atoms with E-state index in [1.165, 1.54) is 0 Å². The lowest BCUT2D eigenvalue weighted by molar-refractivity contribution is -0.139. The molecule has 0 aliphatic carbocycles. The molecule has 0 spiro atoms. The molecule has 0 bridgehead atoms. The average Bonchev–Trinajstić information content (AvgIpc) is 2.89. The fourth-order valence-corrected chi connectivity index (χ4v) is 6.75. The zero-order valence-electron chi connectivity index (χ0n) is 13.5. The topological polar surface area (TPSA) is 67.8 Å². The smallest absolute Gasteiger partial charge is 0.321 e. The summed E-state index contributed by atoms with van der Waals surface area (Å²) in [5.41, 5.74) is 0. The maximum atomic E-state index is 11.6. The van der Waals surface area contributed by atoms with Gasteiger partial charge in [-0.2, -0.15) is 0 Å². The van der Waals surface area contributed by atoms with E-state index in [0.717, 1.165) is 28.6 Å². The van der Waals surface area contributed by atoms with Crippen LogP contribution in [0.15, 0.2) is 23.1 Å². The van der Waals surface area contributed by atoms with Gasteiger partial charge >= 0.3 is 5.97 Å². The summed E-state index contributed by atoms with van der Waals surface area (Å²) in [6.07, 6.45) is 1.06. The summed E-state index contributed by atoms with van der Waals surface area (Å²) in [6.45, 7) is 2.15. The number of hydrogen-bond acceptors (Lipinski definition) is 4. The Kier molecular flexibility index (Phi) is 5.58. The summed E-state index contributed by atoms with van der Waals surface area (Å²) in [5, 5.41) is 12.6. The maximum absolute atomic E-state index is 11.6. The van der Waals surface area contributed by atoms with Crippen molar-refractivity contribution >= 4 is 16.9 Å². The molecule has 1 aliphatic heterocycles. The van der Waals surface area contributed by atoms with Crippen molar-refractivity contribution in [1.29, 1.82) is 0 Å². The summed E-state index contributed by atoms with van der Waals surface area (Å²) < 4.78 is 10.7. The van der Waals surface area contributed by atoms with Gasteiger partial charge < -0.3 is 19.9 Å². The number of carboxylic acid groups (broad SMARTS) is 1. The number of carbonyl (C=O) groups is 1. The van der Waals surface area contributed by atoms with Crippen molar-refractivity contribution in [2.75, 3.05) is 27.0 Å². The summed E-state index contributed by atoms with van der Waals surface area (Å²) in [4.78, 5) is 12.7. The van der Waals surface area contributed by atoms with Gasteiger partial charge in [-0.1, -0.05) is 6.92 Å². The highest BCUT2D eigenvalue weighted by molar-refractivity contribution is 8.17. The number of thiol groups is 1. The first-order valence-corrected chi connectivity index (χ1v) is 9.01. The van der Waals surface area contributed by atoms with Gasteiger partial charge in [0.2, 0.25) is 0 Å². The number of carboxylic acids is 1. The van der Waals surface area contributed by atoms with Gasteiger partial charge in [0, 0.05) is 11.3 Å². The molecule has 2 rings (SSSR count). The molecule has 6 heteroatoms. The molecule has 124 valence electrons. The van der Waals surface area contributed by atoms with E-state index < -0.39 is 22.9 Å². The van der Waals surface area contributed by atoms with E-state index >= 15 is 0 Å². The van der Waals surface area contributed by atoms with Crippen molar-refractivity contribution in [3.05, 3.63) is 18.2 Å². The van der Waals surface area contributed by atoms with Gasteiger partial charge in [0.1, 0.15) is 17.5 Å². The van der Waals surface area contributed by atoms with Crippen molar-refractivity contribution in [2.24, 2.45) is 5.92 Å². The van der Waals surface area contributed by atoms with E-state index in [4.69, 9.17) is 9.47 Å². The number of benzene rings is 1. The van der Waals surface area contributed by atoms with Crippen LogP contribution in [-0.4, -0.2) is 49.4 Å². The molecule has 2 unspecified atom stereocenters. The van der Waals surface area contributed by atoms with Gasteiger partial charge in [-0.05, 0) is 42.2 Å². The third-order valence-electron chi connectivity index (χ3n) is 4.35. The lowest BCUT2D eigenvalue weighted by atomic mass is 9.99. The first-order valence-electron chi connectivity index (χ1n) is 7.41. The second-order valence-electron chi connectivity index (χ2n) is 5.63. The lowest BCUT2D eigenvalue weighted by Gasteiger charge is -2.32. The van der Waals surface area contributed by atoms with Gasteiger partial charge in [-0.3, -0.25) is 4.79 Å². The molecule has 1 fully saturated rings. The van der Waals surface area contributed by atoms with Crippen LogP contribution in [0.3, 0.4) is 0 Å². The molecule has 0 aromatic heterocycles. The Labute approximate surface area is 134 Å². The molecule has 1 saturated heterocycles. The fourth-order valence-electron chi connectivity index (χ4n) is 3.18. The molecule has 4 atom stereocenters. The van der Waals surface area contributed by atoms with E-state index in [-0.39, 0.29) is 5.25 Å². The molecular weight excluding hydrogens is 302 g/mol. The van der Waals surface area contributed by atoms with E-state index in [9.17, 15) is 9.90 Å². The van der Waals surface area contributed by atoms with Crippen LogP contribution in [0.5, 0.6) is 11.5 Å². The highest BCUT2D eigenvalue weighted by atomic mass is 32.2. The molecule has 1 aromatic carbocycles. The van der Waals surface area contributed by atoms with Crippen LogP contribution in [0.1, 0.15) is 13.3 Å². The van der Waals surface area contributed by atoms with E-state index in [0.29, 0.717) is 5.92 Å². The summed E-state index contributed by atoms with van der Waals surface area (Å²) in [6, 6.07) is 5.38. The SMILES string of the molecule is CNC(C(=O)O)[C@H]1[C@H](C)CC[SH]1c1cc(OC)cc(OC)c1. The van der Waals surface area contributed by atoms with Crippen LogP contribution in [0.25, 0.3) is 0 Å². The third kappa shape index (κ3) is 3.33. The lowest BCUT2D eigenvalue weighted by Crippen LogP contribution is -2.45. The monoisotopic (exact) mass is 327 g/mol. The van der Waals surface area contributed by atoms with Crippen LogP contribution >= 0.6 is 10.9 Å². The van der Waals surface area contributed by atoms with Crippen molar-refractivity contribution in [2.45, 2.75) is 29.5 Å². The van der Waals surface area contributed by atoms with Crippen molar-refractivity contribution in [3.63, 3.8) is 0 Å². The summed E-state index contributed by atoms with van der Waals surface area (Å²) in [7, 11) is 4.42. The van der Waals surface area contributed by atoms with Gasteiger partial charge in [-0.25, -0.2) is 10.9 Å². The number of likely N-dealkylation sites (N-methyl/N-ethyl adjacent to an activating group) is 1. The van der Waals surface area contributed by atoms with Crippen LogP contribution in [0.4, 0.5) is 0 Å². The quantitative estimate of drug-likeness (QED) is 0.699. The molecule has 1 aromatic rings. The van der Waals surface area contributed by atoms with Gasteiger partial charge in [-0.15, -0.1) is 0 Å². The largest absolute Gasteiger partial charge is 0.497 e. The highest BCUT2D eigenvalue weighted by Crippen LogP contribution is 2.53. The molecule has 1 heterocycles. The average molecular weight is 327 g/mol. The number of ether oxygens (including phenoxy) is 2. The van der Waals surface area contributed by atoms with Crippen molar-refractivity contribution in [3.8, 4) is 11.5 Å². The third-order valence-corrected chi connectivity index (χ3v) is 7.54. The molecule has 0 radical (unpaired) electrons. The zero-order chi connectivity index (χ0) is 16.3. The van der Waals surface area contributed by atoms with Crippen LogP contribution in [0, 0.1) is 5.92 Å².